The fraction of sp³-hybridized carbons (Fsp3) is 0.100. The van der Waals surface area contributed by atoms with Gasteiger partial charge in [0.25, 0.3) is 5.91 Å². The Kier molecular flexibility index (Phi) is 7.45. The van der Waals surface area contributed by atoms with Crippen molar-refractivity contribution in [2.45, 2.75) is 9.96 Å². The van der Waals surface area contributed by atoms with Crippen LogP contribution >= 0.6 is 69.6 Å². The number of alkyl halides is 3. The summed E-state index contributed by atoms with van der Waals surface area (Å²) in [5, 5.41) is 10.9. The number of benzene rings is 3. The van der Waals surface area contributed by atoms with Gasteiger partial charge in [0.1, 0.15) is 6.17 Å². The number of amides is 1. The van der Waals surface area contributed by atoms with Gasteiger partial charge < -0.3 is 16.0 Å². The van der Waals surface area contributed by atoms with Gasteiger partial charge in [-0.3, -0.25) is 4.79 Å². The van der Waals surface area contributed by atoms with Crippen LogP contribution in [0.15, 0.2) is 66.7 Å². The van der Waals surface area contributed by atoms with Crippen LogP contribution in [0.3, 0.4) is 0 Å². The molecule has 0 aliphatic carbocycles. The van der Waals surface area contributed by atoms with E-state index in [-0.39, 0.29) is 5.11 Å². The molecule has 0 radical (unpaired) electrons. The molecule has 0 saturated carbocycles. The molecule has 0 saturated heterocycles. The molecule has 3 aromatic rings. The first-order valence-electron chi connectivity index (χ1n) is 8.42. The fourth-order valence-electron chi connectivity index (χ4n) is 2.64. The lowest BCUT2D eigenvalue weighted by atomic mass is 10.1. The summed E-state index contributed by atoms with van der Waals surface area (Å²) in [6.07, 6.45) is -1.05. The molecular formula is C20H15Cl3IN3OS. The van der Waals surface area contributed by atoms with Gasteiger partial charge >= 0.3 is 0 Å². The molecule has 0 fully saturated rings. The van der Waals surface area contributed by atoms with Gasteiger partial charge in [-0.25, -0.2) is 0 Å². The number of thiocarbonyl (C=S) groups is 1. The third kappa shape index (κ3) is 6.08. The molecule has 0 bridgehead atoms. The predicted molar refractivity (Wildman–Crippen MR) is 134 cm³/mol. The third-order valence-electron chi connectivity index (χ3n) is 4.02. The first-order chi connectivity index (χ1) is 13.7. The summed E-state index contributed by atoms with van der Waals surface area (Å²) in [6.45, 7) is 0. The van der Waals surface area contributed by atoms with E-state index in [4.69, 9.17) is 47.0 Å². The number of anilines is 1. The molecule has 3 aromatic carbocycles. The van der Waals surface area contributed by atoms with E-state index in [0.717, 1.165) is 20.0 Å². The molecule has 1 amide bonds. The SMILES string of the molecule is O=C(NC(NC(=S)Nc1cccc2ccccc12)C(Cl)(Cl)Cl)c1ccc(I)cc1. The molecule has 0 aliphatic heterocycles. The summed E-state index contributed by atoms with van der Waals surface area (Å²) in [5.74, 6) is -0.391. The Hall–Kier alpha value is -1.32. The average Bonchev–Trinajstić information content (AvgIpc) is 2.67. The maximum atomic E-state index is 12.5. The van der Waals surface area contributed by atoms with Crippen molar-refractivity contribution in [3.05, 3.63) is 75.9 Å². The zero-order valence-corrected chi connectivity index (χ0v) is 20.0. The Bertz CT molecular complexity index is 1040. The molecule has 4 nitrogen and oxygen atoms in total. The minimum Gasteiger partial charge on any atom is -0.339 e. The van der Waals surface area contributed by atoms with Crippen molar-refractivity contribution in [2.24, 2.45) is 0 Å². The van der Waals surface area contributed by atoms with Crippen LogP contribution in [0.2, 0.25) is 0 Å². The van der Waals surface area contributed by atoms with Crippen LogP contribution in [-0.2, 0) is 0 Å². The molecule has 150 valence electrons. The highest BCUT2D eigenvalue weighted by atomic mass is 127. The summed E-state index contributed by atoms with van der Waals surface area (Å²) in [5.41, 5.74) is 1.24. The Morgan fingerprint density at radius 2 is 1.59 bits per heavy atom. The minimum atomic E-state index is -1.83. The van der Waals surface area contributed by atoms with Crippen LogP contribution in [0.25, 0.3) is 10.8 Å². The minimum absolute atomic E-state index is 0.209. The van der Waals surface area contributed by atoms with Gasteiger partial charge in [0.05, 0.1) is 0 Å². The number of fused-ring (bicyclic) bond motifs is 1. The number of carbonyl (C=O) groups is 1. The second kappa shape index (κ2) is 9.66. The zero-order valence-electron chi connectivity index (χ0n) is 14.8. The normalized spacial score (nSPS) is 12.3. The van der Waals surface area contributed by atoms with Crippen molar-refractivity contribution in [3.63, 3.8) is 0 Å². The smallest absolute Gasteiger partial charge is 0.252 e. The molecule has 9 heteroatoms. The van der Waals surface area contributed by atoms with Crippen molar-refractivity contribution >= 4 is 97.1 Å². The van der Waals surface area contributed by atoms with Gasteiger partial charge in [-0.1, -0.05) is 71.2 Å². The van der Waals surface area contributed by atoms with Gasteiger partial charge in [0, 0.05) is 20.2 Å². The summed E-state index contributed by atoms with van der Waals surface area (Å²) >= 11 is 25.7. The molecule has 1 unspecified atom stereocenters. The summed E-state index contributed by atoms with van der Waals surface area (Å²) in [7, 11) is 0. The highest BCUT2D eigenvalue weighted by Gasteiger charge is 2.35. The molecule has 3 rings (SSSR count). The molecule has 1 atom stereocenters. The van der Waals surface area contributed by atoms with E-state index < -0.39 is 15.9 Å². The van der Waals surface area contributed by atoms with E-state index in [0.29, 0.717) is 5.56 Å². The summed E-state index contributed by atoms with van der Waals surface area (Å²) < 4.78 is -0.820. The van der Waals surface area contributed by atoms with E-state index >= 15 is 0 Å². The lowest BCUT2D eigenvalue weighted by molar-refractivity contribution is 0.0934. The lowest BCUT2D eigenvalue weighted by Crippen LogP contribution is -2.56. The van der Waals surface area contributed by atoms with Crippen molar-refractivity contribution in [1.29, 1.82) is 0 Å². The first kappa shape index (κ1) is 22.4. The van der Waals surface area contributed by atoms with Crippen LogP contribution in [-0.4, -0.2) is 21.0 Å². The van der Waals surface area contributed by atoms with Crippen LogP contribution in [0, 0.1) is 3.57 Å². The molecule has 3 N–H and O–H groups in total. The number of halogens is 4. The second-order valence-electron chi connectivity index (χ2n) is 6.08. The van der Waals surface area contributed by atoms with E-state index in [1.807, 2.05) is 54.6 Å². The van der Waals surface area contributed by atoms with Gasteiger partial charge in [0.15, 0.2) is 5.11 Å². The van der Waals surface area contributed by atoms with Crippen molar-refractivity contribution < 1.29 is 4.79 Å². The van der Waals surface area contributed by atoms with Gasteiger partial charge in [-0.2, -0.15) is 0 Å². The predicted octanol–water partition coefficient (Wildman–Crippen LogP) is 5.86. The number of rotatable bonds is 4. The third-order valence-corrected chi connectivity index (χ3v) is 5.62. The monoisotopic (exact) mass is 577 g/mol. The van der Waals surface area contributed by atoms with E-state index in [9.17, 15) is 4.79 Å². The molecule has 0 heterocycles. The number of nitrogens with one attached hydrogen (secondary N) is 3. The van der Waals surface area contributed by atoms with E-state index in [1.54, 1.807) is 12.1 Å². The quantitative estimate of drug-likeness (QED) is 0.157. The van der Waals surface area contributed by atoms with E-state index in [1.165, 1.54) is 0 Å². The van der Waals surface area contributed by atoms with Gasteiger partial charge in [-0.15, -0.1) is 0 Å². The van der Waals surface area contributed by atoms with Crippen LogP contribution in [0.1, 0.15) is 10.4 Å². The Balaban J connectivity index is 1.73. The maximum absolute atomic E-state index is 12.5. The standard InChI is InChI=1S/C20H15Cl3IN3OS/c21-20(22,23)18(26-17(28)13-8-10-14(24)11-9-13)27-19(29)25-16-7-3-5-12-4-1-2-6-15(12)16/h1-11,18H,(H,26,28)(H2,25,27,29). The fourth-order valence-corrected chi connectivity index (χ4v) is 3.55. The lowest BCUT2D eigenvalue weighted by Gasteiger charge is -2.28. The van der Waals surface area contributed by atoms with Crippen molar-refractivity contribution in [1.82, 2.24) is 10.6 Å². The zero-order chi connectivity index (χ0) is 21.0. The molecule has 0 aromatic heterocycles. The molecule has 0 aliphatic rings. The Morgan fingerprint density at radius 3 is 2.28 bits per heavy atom. The number of hydrogen-bond donors (Lipinski definition) is 3. The Morgan fingerprint density at radius 1 is 0.931 bits per heavy atom. The molecular weight excluding hydrogens is 564 g/mol. The van der Waals surface area contributed by atoms with Gasteiger partial charge in [0.2, 0.25) is 3.79 Å². The van der Waals surface area contributed by atoms with Crippen LogP contribution < -0.4 is 16.0 Å². The number of carbonyl (C=O) groups excluding carboxylic acids is 1. The highest BCUT2D eigenvalue weighted by molar-refractivity contribution is 14.1. The van der Waals surface area contributed by atoms with Gasteiger partial charge in [-0.05, 0) is 70.5 Å². The summed E-state index contributed by atoms with van der Waals surface area (Å²) in [6, 6.07) is 20.7. The van der Waals surface area contributed by atoms with E-state index in [2.05, 4.69) is 38.5 Å². The molecule has 0 spiro atoms. The molecule has 29 heavy (non-hydrogen) atoms. The van der Waals surface area contributed by atoms with Crippen molar-refractivity contribution in [2.75, 3.05) is 5.32 Å². The first-order valence-corrected chi connectivity index (χ1v) is 11.0. The second-order valence-corrected chi connectivity index (χ2v) is 10.1. The summed E-state index contributed by atoms with van der Waals surface area (Å²) in [4.78, 5) is 12.5. The van der Waals surface area contributed by atoms with Crippen molar-refractivity contribution in [3.8, 4) is 0 Å². The largest absolute Gasteiger partial charge is 0.339 e. The van der Waals surface area contributed by atoms with Crippen LogP contribution in [0.4, 0.5) is 5.69 Å². The number of hydrogen-bond acceptors (Lipinski definition) is 2. The maximum Gasteiger partial charge on any atom is 0.252 e. The van der Waals surface area contributed by atoms with Crippen LogP contribution in [0.5, 0.6) is 0 Å². The topological polar surface area (TPSA) is 53.2 Å². The highest BCUT2D eigenvalue weighted by Crippen LogP contribution is 2.29. The Labute approximate surface area is 202 Å². The average molecular weight is 579 g/mol.